The van der Waals surface area contributed by atoms with E-state index in [1.54, 1.807) is 30.3 Å². The topological polar surface area (TPSA) is 22.1 Å². The van der Waals surface area contributed by atoms with Crippen LogP contribution in [0.4, 0.5) is 13.2 Å². The largest absolute Gasteiger partial charge is 0.438 e. The molecular weight excluding hydrogens is 311 g/mol. The second-order valence-corrected chi connectivity index (χ2v) is 4.33. The lowest BCUT2D eigenvalue weighted by Gasteiger charge is -2.12. The van der Waals surface area contributed by atoms with Gasteiger partial charge in [-0.25, -0.2) is 4.98 Å². The number of benzene rings is 1. The van der Waals surface area contributed by atoms with E-state index in [9.17, 15) is 13.2 Å². The van der Waals surface area contributed by atoms with Gasteiger partial charge in [0.1, 0.15) is 11.3 Å². The van der Waals surface area contributed by atoms with Crippen molar-refractivity contribution in [2.75, 3.05) is 0 Å². The van der Waals surface area contributed by atoms with Crippen LogP contribution >= 0.6 is 15.9 Å². The maximum absolute atomic E-state index is 12.8. The summed E-state index contributed by atoms with van der Waals surface area (Å²) in [6.07, 6.45) is -3.26. The van der Waals surface area contributed by atoms with Crippen molar-refractivity contribution in [2.24, 2.45) is 0 Å². The van der Waals surface area contributed by atoms with Crippen molar-refractivity contribution in [3.63, 3.8) is 0 Å². The molecule has 0 spiro atoms. The summed E-state index contributed by atoms with van der Waals surface area (Å²) in [5.74, 6) is -0.158. The van der Waals surface area contributed by atoms with Crippen LogP contribution in [0.25, 0.3) is 0 Å². The fourth-order valence-electron chi connectivity index (χ4n) is 1.31. The number of para-hydroxylation sites is 1. The Bertz CT molecular complexity index is 543. The molecule has 6 heteroatoms. The van der Waals surface area contributed by atoms with Gasteiger partial charge in [-0.05, 0) is 34.1 Å². The minimum absolute atomic E-state index is 0.246. The fourth-order valence-corrected chi connectivity index (χ4v) is 1.64. The van der Waals surface area contributed by atoms with Crippen LogP contribution in [0, 0.1) is 0 Å². The van der Waals surface area contributed by atoms with Gasteiger partial charge < -0.3 is 4.74 Å². The first kappa shape index (κ1) is 12.9. The van der Waals surface area contributed by atoms with Gasteiger partial charge in [-0.15, -0.1) is 0 Å². The maximum Gasteiger partial charge on any atom is 0.421 e. The van der Waals surface area contributed by atoms with Crippen molar-refractivity contribution in [1.82, 2.24) is 4.98 Å². The zero-order chi connectivity index (χ0) is 13.2. The Hall–Kier alpha value is -1.56. The van der Waals surface area contributed by atoms with Gasteiger partial charge in [-0.2, -0.15) is 13.2 Å². The van der Waals surface area contributed by atoms with E-state index in [1.165, 1.54) is 6.20 Å². The lowest BCUT2D eigenvalue weighted by atomic mass is 10.2. The molecule has 2 nitrogen and oxygen atoms in total. The number of nitrogens with zero attached hydrogens (tertiary/aromatic N) is 1. The molecule has 2 aromatic rings. The SMILES string of the molecule is FC(F)(F)c1cc(Br)cnc1Oc1ccccc1. The standard InChI is InChI=1S/C12H7BrF3NO/c13-8-6-10(12(14,15)16)11(17-7-8)18-9-4-2-1-3-5-9/h1-7H. The molecule has 1 aromatic heterocycles. The Balaban J connectivity index is 2.39. The highest BCUT2D eigenvalue weighted by Crippen LogP contribution is 2.37. The molecule has 1 aromatic carbocycles. The van der Waals surface area contributed by atoms with Crippen LogP contribution in [0.2, 0.25) is 0 Å². The van der Waals surface area contributed by atoms with Gasteiger partial charge in [0, 0.05) is 10.7 Å². The van der Waals surface area contributed by atoms with Crippen LogP contribution in [0.1, 0.15) is 5.56 Å². The molecule has 1 heterocycles. The molecule has 0 amide bonds. The monoisotopic (exact) mass is 317 g/mol. The van der Waals surface area contributed by atoms with Gasteiger partial charge in [-0.3, -0.25) is 0 Å². The molecule has 0 saturated carbocycles. The number of hydrogen-bond donors (Lipinski definition) is 0. The van der Waals surface area contributed by atoms with Crippen molar-refractivity contribution in [3.8, 4) is 11.6 Å². The number of rotatable bonds is 2. The van der Waals surface area contributed by atoms with Gasteiger partial charge >= 0.3 is 6.18 Å². The molecule has 0 aliphatic rings. The average molecular weight is 318 g/mol. The van der Waals surface area contributed by atoms with Gasteiger partial charge in [0.2, 0.25) is 5.88 Å². The molecule has 0 atom stereocenters. The zero-order valence-corrected chi connectivity index (χ0v) is 10.5. The molecule has 0 aliphatic heterocycles. The third-order valence-electron chi connectivity index (χ3n) is 2.08. The smallest absolute Gasteiger partial charge is 0.421 e. The van der Waals surface area contributed by atoms with Gasteiger partial charge in [-0.1, -0.05) is 18.2 Å². The van der Waals surface area contributed by atoms with E-state index in [-0.39, 0.29) is 4.47 Å². The van der Waals surface area contributed by atoms with E-state index in [1.807, 2.05) is 0 Å². The summed E-state index contributed by atoms with van der Waals surface area (Å²) in [6, 6.07) is 9.13. The Morgan fingerprint density at radius 3 is 2.39 bits per heavy atom. The van der Waals surface area contributed by atoms with Crippen molar-refractivity contribution in [2.45, 2.75) is 6.18 Å². The van der Waals surface area contributed by atoms with Gasteiger partial charge in [0.25, 0.3) is 0 Å². The van der Waals surface area contributed by atoms with E-state index in [0.717, 1.165) is 6.07 Å². The van der Waals surface area contributed by atoms with Crippen molar-refractivity contribution in [3.05, 3.63) is 52.6 Å². The Morgan fingerprint density at radius 2 is 1.78 bits per heavy atom. The lowest BCUT2D eigenvalue weighted by Crippen LogP contribution is -2.08. The minimum Gasteiger partial charge on any atom is -0.438 e. The van der Waals surface area contributed by atoms with Crippen molar-refractivity contribution in [1.29, 1.82) is 0 Å². The van der Waals surface area contributed by atoms with Gasteiger partial charge in [0.05, 0.1) is 0 Å². The molecule has 0 fully saturated rings. The van der Waals surface area contributed by atoms with Crippen molar-refractivity contribution < 1.29 is 17.9 Å². The molecule has 0 unspecified atom stereocenters. The second-order valence-electron chi connectivity index (χ2n) is 3.42. The molecule has 0 bridgehead atoms. The summed E-state index contributed by atoms with van der Waals surface area (Å²) in [4.78, 5) is 3.65. The summed E-state index contributed by atoms with van der Waals surface area (Å²) in [7, 11) is 0. The summed E-state index contributed by atoms with van der Waals surface area (Å²) in [5.41, 5.74) is -0.916. The predicted octanol–water partition coefficient (Wildman–Crippen LogP) is 4.66. The van der Waals surface area contributed by atoms with Crippen molar-refractivity contribution >= 4 is 15.9 Å². The molecule has 0 N–H and O–H groups in total. The normalized spacial score (nSPS) is 11.3. The molecule has 2 rings (SSSR count). The minimum atomic E-state index is -4.51. The number of hydrogen-bond acceptors (Lipinski definition) is 2. The predicted molar refractivity (Wildman–Crippen MR) is 63.5 cm³/mol. The second kappa shape index (κ2) is 4.97. The molecule has 18 heavy (non-hydrogen) atoms. The highest BCUT2D eigenvalue weighted by molar-refractivity contribution is 9.10. The van der Waals surface area contributed by atoms with E-state index in [0.29, 0.717) is 5.75 Å². The van der Waals surface area contributed by atoms with E-state index in [4.69, 9.17) is 4.74 Å². The molecule has 0 aliphatic carbocycles. The number of aromatic nitrogens is 1. The summed E-state index contributed by atoms with van der Waals surface area (Å²) < 4.78 is 43.8. The van der Waals surface area contributed by atoms with E-state index in [2.05, 4.69) is 20.9 Å². The van der Waals surface area contributed by atoms with Crippen LogP contribution in [0.5, 0.6) is 11.6 Å². The molecule has 0 saturated heterocycles. The lowest BCUT2D eigenvalue weighted by molar-refractivity contribution is -0.138. The first-order valence-corrected chi connectivity index (χ1v) is 5.72. The molecule has 94 valence electrons. The number of halogens is 4. The average Bonchev–Trinajstić information content (AvgIpc) is 2.31. The number of ether oxygens (including phenoxy) is 1. The highest BCUT2D eigenvalue weighted by Gasteiger charge is 2.35. The highest BCUT2D eigenvalue weighted by atomic mass is 79.9. The summed E-state index contributed by atoms with van der Waals surface area (Å²) >= 11 is 2.96. The fraction of sp³-hybridized carbons (Fsp3) is 0.0833. The summed E-state index contributed by atoms with van der Waals surface area (Å²) in [6.45, 7) is 0. The molecular formula is C12H7BrF3NO. The maximum atomic E-state index is 12.8. The van der Waals surface area contributed by atoms with Crippen LogP contribution in [-0.2, 0) is 6.18 Å². The summed E-state index contributed by atoms with van der Waals surface area (Å²) in [5, 5.41) is 0. The third-order valence-corrected chi connectivity index (χ3v) is 2.51. The van der Waals surface area contributed by atoms with Crippen LogP contribution in [0.15, 0.2) is 47.1 Å². The molecule has 0 radical (unpaired) electrons. The quantitative estimate of drug-likeness (QED) is 0.804. The number of pyridine rings is 1. The van der Waals surface area contributed by atoms with E-state index >= 15 is 0 Å². The van der Waals surface area contributed by atoms with Gasteiger partial charge in [0.15, 0.2) is 0 Å². The van der Waals surface area contributed by atoms with Crippen LogP contribution < -0.4 is 4.74 Å². The Kier molecular flexibility index (Phi) is 3.56. The Morgan fingerprint density at radius 1 is 1.11 bits per heavy atom. The zero-order valence-electron chi connectivity index (χ0n) is 8.91. The first-order valence-electron chi connectivity index (χ1n) is 4.92. The number of alkyl halides is 3. The first-order chi connectivity index (χ1) is 8.47. The van der Waals surface area contributed by atoms with E-state index < -0.39 is 17.6 Å². The Labute approximate surface area is 110 Å². The van der Waals surface area contributed by atoms with Crippen LogP contribution in [0.3, 0.4) is 0 Å². The van der Waals surface area contributed by atoms with Crippen LogP contribution in [-0.4, -0.2) is 4.98 Å². The third kappa shape index (κ3) is 3.01.